The fourth-order valence-electron chi connectivity index (χ4n) is 5.06. The fraction of sp³-hybridized carbons (Fsp3) is 1.00. The zero-order chi connectivity index (χ0) is 10.7. The van der Waals surface area contributed by atoms with Crippen LogP contribution in [-0.2, 0) is 0 Å². The highest BCUT2D eigenvalue weighted by molar-refractivity contribution is 5.09. The molecule has 0 heterocycles. The molecule has 0 spiro atoms. The summed E-state index contributed by atoms with van der Waals surface area (Å²) >= 11 is 0. The molecule has 0 saturated heterocycles. The van der Waals surface area contributed by atoms with Crippen LogP contribution in [0.2, 0.25) is 0 Å². The molecule has 0 nitrogen and oxygen atoms in total. The van der Waals surface area contributed by atoms with Crippen molar-refractivity contribution in [2.75, 3.05) is 0 Å². The quantitative estimate of drug-likeness (QED) is 0.586. The van der Waals surface area contributed by atoms with Crippen LogP contribution in [0.25, 0.3) is 0 Å². The number of fused-ring (bicyclic) bond motifs is 2. The summed E-state index contributed by atoms with van der Waals surface area (Å²) in [7, 11) is 0. The van der Waals surface area contributed by atoms with Crippen LogP contribution in [-0.4, -0.2) is 0 Å². The minimum atomic E-state index is 0.652. The Labute approximate surface area is 89.5 Å². The zero-order valence-corrected chi connectivity index (χ0v) is 10.7. The van der Waals surface area contributed by atoms with E-state index in [1.165, 1.54) is 6.42 Å². The van der Waals surface area contributed by atoms with Crippen LogP contribution in [0.15, 0.2) is 0 Å². The summed E-state index contributed by atoms with van der Waals surface area (Å²) in [6.45, 7) is 14.9. The zero-order valence-electron chi connectivity index (χ0n) is 10.7. The summed E-state index contributed by atoms with van der Waals surface area (Å²) in [6.07, 6.45) is 1.48. The predicted octanol–water partition coefficient (Wildman–Crippen LogP) is 4.21. The van der Waals surface area contributed by atoms with E-state index in [4.69, 9.17) is 0 Å². The Balaban J connectivity index is 2.34. The van der Waals surface area contributed by atoms with E-state index in [0.717, 1.165) is 35.5 Å². The van der Waals surface area contributed by atoms with Crippen molar-refractivity contribution < 1.29 is 0 Å². The molecule has 2 rings (SSSR count). The third-order valence-electron chi connectivity index (χ3n) is 5.87. The number of rotatable bonds is 1. The van der Waals surface area contributed by atoms with Crippen molar-refractivity contribution in [2.45, 2.75) is 48.0 Å². The maximum Gasteiger partial charge on any atom is -0.0266 e. The van der Waals surface area contributed by atoms with Gasteiger partial charge in [-0.1, -0.05) is 41.5 Å². The van der Waals surface area contributed by atoms with Crippen LogP contribution in [0.5, 0.6) is 0 Å². The lowest BCUT2D eigenvalue weighted by Gasteiger charge is -2.39. The molecule has 0 amide bonds. The minimum Gasteiger partial charge on any atom is -0.0625 e. The molecule has 2 aliphatic rings. The van der Waals surface area contributed by atoms with E-state index in [0.29, 0.717) is 5.41 Å². The van der Waals surface area contributed by atoms with E-state index in [-0.39, 0.29) is 0 Å². The molecule has 82 valence electrons. The van der Waals surface area contributed by atoms with Gasteiger partial charge in [-0.25, -0.2) is 0 Å². The van der Waals surface area contributed by atoms with Gasteiger partial charge >= 0.3 is 0 Å². The van der Waals surface area contributed by atoms with E-state index in [9.17, 15) is 0 Å². The molecule has 0 N–H and O–H groups in total. The van der Waals surface area contributed by atoms with Crippen molar-refractivity contribution >= 4 is 0 Å². The summed E-state index contributed by atoms with van der Waals surface area (Å²) in [6, 6.07) is 0. The van der Waals surface area contributed by atoms with E-state index >= 15 is 0 Å². The van der Waals surface area contributed by atoms with Gasteiger partial charge in [0.05, 0.1) is 0 Å². The van der Waals surface area contributed by atoms with E-state index in [1.807, 2.05) is 0 Å². The Morgan fingerprint density at radius 2 is 1.64 bits per heavy atom. The Kier molecular flexibility index (Phi) is 2.25. The van der Waals surface area contributed by atoms with Crippen molar-refractivity contribution in [2.24, 2.45) is 40.9 Å². The summed E-state index contributed by atoms with van der Waals surface area (Å²) in [5.74, 6) is 5.74. The van der Waals surface area contributed by atoms with Gasteiger partial charge in [0, 0.05) is 0 Å². The first-order valence-corrected chi connectivity index (χ1v) is 6.39. The highest BCUT2D eigenvalue weighted by Crippen LogP contribution is 2.67. The standard InChI is InChI=1S/C14H26/c1-8(2)12-10(4)14(6)7-9(3)13(12)11(14)5/h8-13H,7H2,1-6H3. The van der Waals surface area contributed by atoms with Gasteiger partial charge in [0.2, 0.25) is 0 Å². The highest BCUT2D eigenvalue weighted by atomic mass is 14.7. The molecule has 0 aromatic rings. The van der Waals surface area contributed by atoms with Crippen molar-refractivity contribution in [1.82, 2.24) is 0 Å². The van der Waals surface area contributed by atoms with Gasteiger partial charge in [-0.3, -0.25) is 0 Å². The number of hydrogen-bond acceptors (Lipinski definition) is 0. The lowest BCUT2D eigenvalue weighted by Crippen LogP contribution is -2.33. The molecule has 0 aromatic carbocycles. The van der Waals surface area contributed by atoms with Crippen LogP contribution in [0.1, 0.15) is 48.0 Å². The summed E-state index contributed by atoms with van der Waals surface area (Å²) in [4.78, 5) is 0. The lowest BCUT2D eigenvalue weighted by atomic mass is 9.66. The molecule has 2 aliphatic carbocycles. The molecule has 2 bridgehead atoms. The first kappa shape index (κ1) is 10.5. The first-order valence-electron chi connectivity index (χ1n) is 6.39. The summed E-state index contributed by atoms with van der Waals surface area (Å²) in [5, 5.41) is 0. The minimum absolute atomic E-state index is 0.652. The SMILES string of the molecule is CC(C)C1C2C(C)CC(C)(C1C)C2C. The monoisotopic (exact) mass is 194 g/mol. The molecule has 2 fully saturated rings. The summed E-state index contributed by atoms with van der Waals surface area (Å²) < 4.78 is 0. The Bertz CT molecular complexity index is 230. The maximum atomic E-state index is 2.54. The van der Waals surface area contributed by atoms with E-state index in [2.05, 4.69) is 41.5 Å². The van der Waals surface area contributed by atoms with Crippen LogP contribution < -0.4 is 0 Å². The smallest absolute Gasteiger partial charge is 0.0266 e. The van der Waals surface area contributed by atoms with Gasteiger partial charge in [-0.15, -0.1) is 0 Å². The molecule has 6 unspecified atom stereocenters. The number of hydrogen-bond donors (Lipinski definition) is 0. The van der Waals surface area contributed by atoms with E-state index < -0.39 is 0 Å². The predicted molar refractivity (Wildman–Crippen MR) is 62.0 cm³/mol. The molecule has 14 heavy (non-hydrogen) atoms. The second-order valence-corrected chi connectivity index (χ2v) is 6.66. The van der Waals surface area contributed by atoms with Gasteiger partial charge in [-0.05, 0) is 47.3 Å². The van der Waals surface area contributed by atoms with Gasteiger partial charge in [0.15, 0.2) is 0 Å². The normalized spacial score (nSPS) is 57.2. The second kappa shape index (κ2) is 3.00. The Morgan fingerprint density at radius 3 is 2.00 bits per heavy atom. The molecule has 0 heteroatoms. The third kappa shape index (κ3) is 1.06. The molecule has 0 aliphatic heterocycles. The lowest BCUT2D eigenvalue weighted by molar-refractivity contribution is 0.0915. The average molecular weight is 194 g/mol. The van der Waals surface area contributed by atoms with Crippen LogP contribution >= 0.6 is 0 Å². The molecular formula is C14H26. The van der Waals surface area contributed by atoms with Gasteiger partial charge in [0.1, 0.15) is 0 Å². The molecule has 0 radical (unpaired) electrons. The molecular weight excluding hydrogens is 168 g/mol. The summed E-state index contributed by atoms with van der Waals surface area (Å²) in [5.41, 5.74) is 0.652. The second-order valence-electron chi connectivity index (χ2n) is 6.66. The molecule has 2 saturated carbocycles. The van der Waals surface area contributed by atoms with Gasteiger partial charge < -0.3 is 0 Å². The van der Waals surface area contributed by atoms with Crippen molar-refractivity contribution in [1.29, 1.82) is 0 Å². The Morgan fingerprint density at radius 1 is 1.07 bits per heavy atom. The van der Waals surface area contributed by atoms with Gasteiger partial charge in [-0.2, -0.15) is 0 Å². The largest absolute Gasteiger partial charge is 0.0625 e. The third-order valence-corrected chi connectivity index (χ3v) is 5.87. The van der Waals surface area contributed by atoms with Crippen molar-refractivity contribution in [3.8, 4) is 0 Å². The van der Waals surface area contributed by atoms with Crippen LogP contribution in [0, 0.1) is 40.9 Å². The van der Waals surface area contributed by atoms with Crippen molar-refractivity contribution in [3.63, 3.8) is 0 Å². The fourth-order valence-corrected chi connectivity index (χ4v) is 5.06. The van der Waals surface area contributed by atoms with Crippen LogP contribution in [0.4, 0.5) is 0 Å². The van der Waals surface area contributed by atoms with E-state index in [1.54, 1.807) is 0 Å². The first-order chi connectivity index (χ1) is 6.39. The van der Waals surface area contributed by atoms with Crippen molar-refractivity contribution in [3.05, 3.63) is 0 Å². The van der Waals surface area contributed by atoms with Crippen LogP contribution in [0.3, 0.4) is 0 Å². The highest BCUT2D eigenvalue weighted by Gasteiger charge is 2.61. The molecule has 6 atom stereocenters. The topological polar surface area (TPSA) is 0 Å². The average Bonchev–Trinajstić information content (AvgIpc) is 2.38. The van der Waals surface area contributed by atoms with Gasteiger partial charge in [0.25, 0.3) is 0 Å². The Hall–Kier alpha value is 0. The maximum absolute atomic E-state index is 2.54. The molecule has 0 aromatic heterocycles.